The molecule has 0 spiro atoms. The van der Waals surface area contributed by atoms with Crippen molar-refractivity contribution in [2.45, 2.75) is 6.54 Å². The van der Waals surface area contributed by atoms with Gasteiger partial charge in [-0.05, 0) is 6.07 Å². The van der Waals surface area contributed by atoms with E-state index in [1.807, 2.05) is 0 Å². The maximum absolute atomic E-state index is 13.9. The summed E-state index contributed by atoms with van der Waals surface area (Å²) in [5.41, 5.74) is 5.42. The van der Waals surface area contributed by atoms with E-state index in [-0.39, 0.29) is 34.7 Å². The summed E-state index contributed by atoms with van der Waals surface area (Å²) in [6.07, 6.45) is 0. The molecule has 0 bridgehead atoms. The minimum absolute atomic E-state index is 0.0588. The van der Waals surface area contributed by atoms with Gasteiger partial charge in [0.1, 0.15) is 5.82 Å². The molecule has 0 aliphatic carbocycles. The molecule has 0 unspecified atom stereocenters. The minimum atomic E-state index is -0.716. The Morgan fingerprint density at radius 3 is 2.63 bits per heavy atom. The first-order valence-corrected chi connectivity index (χ1v) is 5.51. The summed E-state index contributed by atoms with van der Waals surface area (Å²) in [5, 5.41) is 2.66. The fraction of sp³-hybridized carbons (Fsp3) is 0.250. The van der Waals surface area contributed by atoms with Crippen molar-refractivity contribution in [3.05, 3.63) is 39.7 Å². The molecule has 2 rings (SSSR count). The first-order chi connectivity index (χ1) is 8.99. The van der Waals surface area contributed by atoms with Crippen molar-refractivity contribution in [3.8, 4) is 17.0 Å². The third-order valence-corrected chi connectivity index (χ3v) is 2.86. The van der Waals surface area contributed by atoms with Gasteiger partial charge in [0.25, 0.3) is 5.56 Å². The number of nitrogens with one attached hydrogen (secondary N) is 1. The van der Waals surface area contributed by atoms with Crippen LogP contribution in [0.15, 0.2) is 16.9 Å². The number of hydrogen-bond acceptors (Lipinski definition) is 3. The number of aromatic nitrogens is 2. The average molecular weight is 269 g/mol. The fourth-order valence-electron chi connectivity index (χ4n) is 1.88. The number of aryl methyl sites for hydroxylation is 1. The number of benzene rings is 1. The quantitative estimate of drug-likeness (QED) is 0.877. The van der Waals surface area contributed by atoms with Crippen LogP contribution in [0.2, 0.25) is 0 Å². The van der Waals surface area contributed by atoms with Gasteiger partial charge in [0.2, 0.25) is 0 Å². The summed E-state index contributed by atoms with van der Waals surface area (Å²) in [6.45, 7) is -0.0708. The number of methoxy groups -OCH3 is 1. The van der Waals surface area contributed by atoms with E-state index in [0.29, 0.717) is 0 Å². The summed E-state index contributed by atoms with van der Waals surface area (Å²) in [4.78, 5) is 11.7. The summed E-state index contributed by atoms with van der Waals surface area (Å²) in [7, 11) is 2.72. The summed E-state index contributed by atoms with van der Waals surface area (Å²) >= 11 is 0. The van der Waals surface area contributed by atoms with E-state index in [9.17, 15) is 13.6 Å². The first kappa shape index (κ1) is 13.3. The maximum Gasteiger partial charge on any atom is 0.271 e. The molecule has 3 N–H and O–H groups in total. The van der Waals surface area contributed by atoms with E-state index in [1.165, 1.54) is 18.8 Å². The average Bonchev–Trinajstić information content (AvgIpc) is 2.67. The van der Waals surface area contributed by atoms with Gasteiger partial charge < -0.3 is 10.5 Å². The number of H-pyrrole nitrogens is 1. The number of halogens is 2. The van der Waals surface area contributed by atoms with E-state index >= 15 is 0 Å². The molecule has 7 heteroatoms. The number of nitrogens with zero attached hydrogens (tertiary/aromatic N) is 1. The lowest BCUT2D eigenvalue weighted by atomic mass is 10.1. The minimum Gasteiger partial charge on any atom is -0.494 e. The molecular weight excluding hydrogens is 256 g/mol. The lowest BCUT2D eigenvalue weighted by molar-refractivity contribution is 0.383. The van der Waals surface area contributed by atoms with Gasteiger partial charge in [0.15, 0.2) is 11.6 Å². The largest absolute Gasteiger partial charge is 0.494 e. The molecule has 1 aromatic carbocycles. The Kier molecular flexibility index (Phi) is 3.39. The predicted octanol–water partition coefficient (Wildman–Crippen LogP) is 1.13. The predicted molar refractivity (Wildman–Crippen MR) is 65.8 cm³/mol. The summed E-state index contributed by atoms with van der Waals surface area (Å²) in [5.74, 6) is -1.62. The van der Waals surface area contributed by atoms with Crippen LogP contribution in [-0.4, -0.2) is 16.9 Å². The number of aromatic amines is 1. The Morgan fingerprint density at radius 1 is 1.37 bits per heavy atom. The Hall–Kier alpha value is -2.15. The molecule has 0 radical (unpaired) electrons. The Bertz CT molecular complexity index is 676. The number of rotatable bonds is 3. The highest BCUT2D eigenvalue weighted by molar-refractivity contribution is 5.64. The fourth-order valence-corrected chi connectivity index (χ4v) is 1.88. The molecule has 0 aliphatic rings. The molecule has 19 heavy (non-hydrogen) atoms. The molecule has 1 heterocycles. The molecular formula is C12H13F2N3O2. The molecule has 0 saturated heterocycles. The second kappa shape index (κ2) is 4.85. The third-order valence-electron chi connectivity index (χ3n) is 2.86. The van der Waals surface area contributed by atoms with Crippen LogP contribution in [0.4, 0.5) is 8.78 Å². The highest BCUT2D eigenvalue weighted by Crippen LogP contribution is 2.28. The number of ether oxygens (including phenoxy) is 1. The summed E-state index contributed by atoms with van der Waals surface area (Å²) < 4.78 is 33.4. The van der Waals surface area contributed by atoms with Crippen LogP contribution in [0.1, 0.15) is 5.56 Å². The molecule has 0 aliphatic heterocycles. The van der Waals surface area contributed by atoms with Crippen LogP contribution >= 0.6 is 0 Å². The zero-order valence-electron chi connectivity index (χ0n) is 10.5. The smallest absolute Gasteiger partial charge is 0.271 e. The van der Waals surface area contributed by atoms with E-state index < -0.39 is 11.6 Å². The highest BCUT2D eigenvalue weighted by Gasteiger charge is 2.18. The van der Waals surface area contributed by atoms with E-state index in [1.54, 1.807) is 0 Å². The van der Waals surface area contributed by atoms with Crippen LogP contribution in [0, 0.1) is 11.6 Å². The lowest BCUT2D eigenvalue weighted by Crippen LogP contribution is -2.17. The van der Waals surface area contributed by atoms with Crippen molar-refractivity contribution in [1.29, 1.82) is 0 Å². The monoisotopic (exact) mass is 269 g/mol. The number of hydrogen-bond donors (Lipinski definition) is 2. The molecule has 0 amide bonds. The van der Waals surface area contributed by atoms with Crippen molar-refractivity contribution in [1.82, 2.24) is 9.78 Å². The molecule has 1 aromatic heterocycles. The van der Waals surface area contributed by atoms with E-state index in [2.05, 4.69) is 9.84 Å². The zero-order valence-corrected chi connectivity index (χ0v) is 10.5. The van der Waals surface area contributed by atoms with Crippen LogP contribution in [0.5, 0.6) is 5.75 Å². The van der Waals surface area contributed by atoms with Gasteiger partial charge >= 0.3 is 0 Å². The second-order valence-electron chi connectivity index (χ2n) is 4.00. The SMILES string of the molecule is COc1cc(F)c(-c2[nH]n(C)c(=O)c2CN)cc1F. The molecule has 2 aromatic rings. The van der Waals surface area contributed by atoms with Crippen LogP contribution in [0.3, 0.4) is 0 Å². The van der Waals surface area contributed by atoms with Crippen molar-refractivity contribution >= 4 is 0 Å². The molecule has 5 nitrogen and oxygen atoms in total. The van der Waals surface area contributed by atoms with Gasteiger partial charge in [0.05, 0.1) is 18.4 Å². The Balaban J connectivity index is 2.69. The zero-order chi connectivity index (χ0) is 14.2. The highest BCUT2D eigenvalue weighted by atomic mass is 19.1. The van der Waals surface area contributed by atoms with Gasteiger partial charge in [-0.3, -0.25) is 14.6 Å². The van der Waals surface area contributed by atoms with Gasteiger partial charge in [-0.15, -0.1) is 0 Å². The standard InChI is InChI=1S/C12H13F2N3O2/c1-17-12(18)7(5-15)11(16-17)6-3-9(14)10(19-2)4-8(6)13/h3-4,16H,5,15H2,1-2H3. The normalized spacial score (nSPS) is 10.8. The van der Waals surface area contributed by atoms with Crippen molar-refractivity contribution in [2.75, 3.05) is 7.11 Å². The van der Waals surface area contributed by atoms with Gasteiger partial charge in [-0.2, -0.15) is 0 Å². The first-order valence-electron chi connectivity index (χ1n) is 5.51. The Labute approximate surface area is 107 Å². The van der Waals surface area contributed by atoms with Crippen molar-refractivity contribution in [2.24, 2.45) is 12.8 Å². The second-order valence-corrected chi connectivity index (χ2v) is 4.00. The third kappa shape index (κ3) is 2.12. The van der Waals surface area contributed by atoms with Crippen LogP contribution < -0.4 is 16.0 Å². The maximum atomic E-state index is 13.9. The van der Waals surface area contributed by atoms with Gasteiger partial charge in [0, 0.05) is 25.2 Å². The summed E-state index contributed by atoms with van der Waals surface area (Å²) in [6, 6.07) is 1.90. The molecule has 0 saturated carbocycles. The van der Waals surface area contributed by atoms with Crippen LogP contribution in [0.25, 0.3) is 11.3 Å². The number of nitrogens with two attached hydrogens (primary N) is 1. The molecule has 0 fully saturated rings. The topological polar surface area (TPSA) is 73.0 Å². The molecule has 102 valence electrons. The molecule has 0 atom stereocenters. The van der Waals surface area contributed by atoms with Crippen molar-refractivity contribution < 1.29 is 13.5 Å². The van der Waals surface area contributed by atoms with Gasteiger partial charge in [-0.25, -0.2) is 8.78 Å². The Morgan fingerprint density at radius 2 is 2.05 bits per heavy atom. The van der Waals surface area contributed by atoms with Gasteiger partial charge in [-0.1, -0.05) is 0 Å². The lowest BCUT2D eigenvalue weighted by Gasteiger charge is -2.07. The van der Waals surface area contributed by atoms with E-state index in [0.717, 1.165) is 12.1 Å². The van der Waals surface area contributed by atoms with E-state index in [4.69, 9.17) is 5.73 Å². The van der Waals surface area contributed by atoms with Crippen molar-refractivity contribution in [3.63, 3.8) is 0 Å². The van der Waals surface area contributed by atoms with Crippen LogP contribution in [-0.2, 0) is 13.6 Å².